The molecule has 50 valence electrons. The van der Waals surface area contributed by atoms with Crippen LogP contribution in [0.3, 0.4) is 0 Å². The third-order valence-electron chi connectivity index (χ3n) is 0.575. The fraction of sp³-hybridized carbons (Fsp3) is 0.333. The Morgan fingerprint density at radius 1 is 1.67 bits per heavy atom. The van der Waals surface area contributed by atoms with E-state index in [1.165, 1.54) is 23.4 Å². The van der Waals surface area contributed by atoms with Crippen LogP contribution in [0.5, 0.6) is 0 Å². The van der Waals surface area contributed by atoms with Gasteiger partial charge in [-0.3, -0.25) is 0 Å². The van der Waals surface area contributed by atoms with Gasteiger partial charge in [0.2, 0.25) is 0 Å². The van der Waals surface area contributed by atoms with Crippen molar-refractivity contribution in [3.63, 3.8) is 0 Å². The van der Waals surface area contributed by atoms with E-state index < -0.39 is 0 Å². The van der Waals surface area contributed by atoms with Gasteiger partial charge in [0, 0.05) is 0 Å². The Labute approximate surface area is 66.4 Å². The maximum absolute atomic E-state index is 3.88. The van der Waals surface area contributed by atoms with Gasteiger partial charge in [-0.1, -0.05) is 0 Å². The van der Waals surface area contributed by atoms with Crippen LogP contribution in [0.1, 0.15) is 13.8 Å². The van der Waals surface area contributed by atoms with Crippen LogP contribution in [0.4, 0.5) is 0 Å². The van der Waals surface area contributed by atoms with E-state index in [1.54, 1.807) is 6.21 Å². The van der Waals surface area contributed by atoms with Gasteiger partial charge in [0.1, 0.15) is 0 Å². The molecule has 0 radical (unpaired) electrons. The second kappa shape index (κ2) is 5.90. The first kappa shape index (κ1) is 8.77. The minimum atomic E-state index is 1.18. The molecule has 0 aliphatic rings. The van der Waals surface area contributed by atoms with E-state index in [2.05, 4.69) is 10.5 Å². The predicted molar refractivity (Wildman–Crippen MR) is 37.1 cm³/mol. The van der Waals surface area contributed by atoms with Gasteiger partial charge in [-0.05, 0) is 0 Å². The Hall–Kier alpha value is -0.232. The van der Waals surface area contributed by atoms with Gasteiger partial charge >= 0.3 is 66.1 Å². The summed E-state index contributed by atoms with van der Waals surface area (Å²) in [4.78, 5) is 0. The van der Waals surface area contributed by atoms with Crippen molar-refractivity contribution >= 4 is 10.2 Å². The molecule has 1 N–H and O–H groups in total. The van der Waals surface area contributed by atoms with Crippen LogP contribution < -0.4 is 5.43 Å². The summed E-state index contributed by atoms with van der Waals surface area (Å²) in [6.07, 6.45) is 5.54. The molecule has 3 heteroatoms. The molecule has 0 spiro atoms. The molecule has 0 aromatic heterocycles. The van der Waals surface area contributed by atoms with Crippen LogP contribution in [-0.4, -0.2) is 10.2 Å². The van der Waals surface area contributed by atoms with Crippen LogP contribution in [-0.2, 0) is 19.4 Å². The number of hydrogen-bond donors (Lipinski definition) is 1. The average Bonchev–Trinajstić information content (AvgIpc) is 1.80. The van der Waals surface area contributed by atoms with E-state index in [0.29, 0.717) is 0 Å². The van der Waals surface area contributed by atoms with Gasteiger partial charge in [-0.25, -0.2) is 0 Å². The Morgan fingerprint density at radius 3 is 2.78 bits per heavy atom. The molecule has 0 aliphatic carbocycles. The summed E-state index contributed by atoms with van der Waals surface area (Å²) in [5.74, 6) is 0. The van der Waals surface area contributed by atoms with Crippen molar-refractivity contribution in [3.8, 4) is 0 Å². The zero-order valence-corrected chi connectivity index (χ0v) is 8.52. The summed E-state index contributed by atoms with van der Waals surface area (Å²) in [7, 11) is 0. The molecule has 0 aromatic carbocycles. The minimum absolute atomic E-state index is 1.18. The molecule has 0 fully saturated rings. The van der Waals surface area contributed by atoms with Crippen molar-refractivity contribution in [1.82, 2.24) is 5.43 Å². The van der Waals surface area contributed by atoms with E-state index in [9.17, 15) is 0 Å². The average molecular weight is 294 g/mol. The first-order valence-electron chi connectivity index (χ1n) is 2.68. The molecule has 0 atom stereocenters. The van der Waals surface area contributed by atoms with Crippen molar-refractivity contribution in [2.45, 2.75) is 13.8 Å². The van der Waals surface area contributed by atoms with Gasteiger partial charge in [-0.2, -0.15) is 0 Å². The van der Waals surface area contributed by atoms with Crippen LogP contribution in [0, 0.1) is 0 Å². The standard InChI is InChI=1S/C6H10N2.W/c1-3-5-6-8-7-4-2;/h3,5-7H,1-2H3;/b5-3?,8-6+;. The zero-order valence-electron chi connectivity index (χ0n) is 5.59. The van der Waals surface area contributed by atoms with Crippen LogP contribution in [0.2, 0.25) is 0 Å². The van der Waals surface area contributed by atoms with Crippen molar-refractivity contribution in [2.75, 3.05) is 0 Å². The summed E-state index contributed by atoms with van der Waals surface area (Å²) in [5, 5.41) is 3.88. The molecule has 0 aromatic rings. The Bertz CT molecular complexity index is 138. The zero-order chi connectivity index (χ0) is 7.11. The van der Waals surface area contributed by atoms with Gasteiger partial charge in [0.15, 0.2) is 0 Å². The molecule has 0 unspecified atom stereocenters. The molecule has 0 aliphatic heterocycles. The Balaban J connectivity index is 3.36. The molecule has 0 saturated carbocycles. The first-order chi connectivity index (χ1) is 4.27. The molecule has 0 rings (SSSR count). The van der Waals surface area contributed by atoms with Crippen molar-refractivity contribution in [1.29, 1.82) is 0 Å². The summed E-state index contributed by atoms with van der Waals surface area (Å²) >= 11 is 1.42. The van der Waals surface area contributed by atoms with Crippen LogP contribution in [0.25, 0.3) is 0 Å². The molecule has 0 amide bonds. The van der Waals surface area contributed by atoms with Gasteiger partial charge in [-0.15, -0.1) is 0 Å². The topological polar surface area (TPSA) is 24.4 Å². The molecular formula is C6H10N2W. The third kappa shape index (κ3) is 7.77. The summed E-state index contributed by atoms with van der Waals surface area (Å²) < 4.78 is 1.18. The molecule has 9 heavy (non-hydrogen) atoms. The number of allylic oxidation sites excluding steroid dienone is 2. The number of hydrazone groups is 1. The van der Waals surface area contributed by atoms with Crippen molar-refractivity contribution in [2.24, 2.45) is 5.10 Å². The molecule has 2 nitrogen and oxygen atoms in total. The molecular weight excluding hydrogens is 284 g/mol. The third-order valence-corrected chi connectivity index (χ3v) is 0.903. The van der Waals surface area contributed by atoms with Crippen molar-refractivity contribution in [3.05, 3.63) is 12.2 Å². The van der Waals surface area contributed by atoms with Gasteiger partial charge < -0.3 is 0 Å². The SMILES string of the molecule is CC=C/C=N/N[C](C)=[W]. The number of nitrogens with one attached hydrogen (secondary N) is 1. The second-order valence-corrected chi connectivity index (χ2v) is 3.67. The fourth-order valence-electron chi connectivity index (χ4n) is 0.257. The van der Waals surface area contributed by atoms with Gasteiger partial charge in [0.25, 0.3) is 0 Å². The normalized spacial score (nSPS) is 10.9. The number of rotatable bonds is 3. The van der Waals surface area contributed by atoms with E-state index in [1.807, 2.05) is 26.0 Å². The van der Waals surface area contributed by atoms with Crippen LogP contribution in [0.15, 0.2) is 17.3 Å². The van der Waals surface area contributed by atoms with Crippen LogP contribution >= 0.6 is 0 Å². The fourth-order valence-corrected chi connectivity index (χ4v) is 0.447. The molecule has 0 bridgehead atoms. The summed E-state index contributed by atoms with van der Waals surface area (Å²) in [5.41, 5.74) is 2.85. The number of hydrogen-bond acceptors (Lipinski definition) is 2. The molecule has 0 saturated heterocycles. The van der Waals surface area contributed by atoms with Crippen molar-refractivity contribution < 1.29 is 19.4 Å². The summed E-state index contributed by atoms with van der Waals surface area (Å²) in [6.45, 7) is 3.96. The van der Waals surface area contributed by atoms with E-state index in [-0.39, 0.29) is 0 Å². The van der Waals surface area contributed by atoms with E-state index in [4.69, 9.17) is 0 Å². The monoisotopic (exact) mass is 294 g/mol. The molecule has 0 heterocycles. The van der Waals surface area contributed by atoms with E-state index >= 15 is 0 Å². The summed E-state index contributed by atoms with van der Waals surface area (Å²) in [6, 6.07) is 0. The quantitative estimate of drug-likeness (QED) is 0.605. The Kier molecular flexibility index (Phi) is 5.75. The second-order valence-electron chi connectivity index (χ2n) is 1.47. The van der Waals surface area contributed by atoms with Gasteiger partial charge in [0.05, 0.1) is 0 Å². The number of nitrogens with zero attached hydrogens (tertiary/aromatic N) is 1. The maximum atomic E-state index is 3.88. The predicted octanol–water partition coefficient (Wildman–Crippen LogP) is 0.835. The van der Waals surface area contributed by atoms with E-state index in [0.717, 1.165) is 0 Å². The Morgan fingerprint density at radius 2 is 2.33 bits per heavy atom. The first-order valence-corrected chi connectivity index (χ1v) is 4.15.